The Hall–Kier alpha value is -0.610. The Morgan fingerprint density at radius 3 is 2.86 bits per heavy atom. The molecule has 2 atom stereocenters. The van der Waals surface area contributed by atoms with Gasteiger partial charge in [-0.15, -0.1) is 0 Å². The second-order valence-corrected chi connectivity index (χ2v) is 3.79. The summed E-state index contributed by atoms with van der Waals surface area (Å²) in [7, 11) is 3.72. The van der Waals surface area contributed by atoms with Gasteiger partial charge in [-0.05, 0) is 20.4 Å². The van der Waals surface area contributed by atoms with Crippen LogP contribution in [-0.2, 0) is 9.53 Å². The fourth-order valence-corrected chi connectivity index (χ4v) is 1.82. The first kappa shape index (κ1) is 11.5. The number of ether oxygens (including phenoxy) is 1. The van der Waals surface area contributed by atoms with E-state index >= 15 is 0 Å². The first-order chi connectivity index (χ1) is 6.66. The maximum absolute atomic E-state index is 11.7. The molecule has 0 bridgehead atoms. The molecule has 82 valence electrons. The summed E-state index contributed by atoms with van der Waals surface area (Å²) >= 11 is 0. The number of nitrogens with one attached hydrogen (secondary N) is 1. The summed E-state index contributed by atoms with van der Waals surface area (Å²) in [5.74, 6) is 0.196. The van der Waals surface area contributed by atoms with Gasteiger partial charge in [-0.3, -0.25) is 4.79 Å². The Morgan fingerprint density at radius 1 is 1.64 bits per heavy atom. The maximum Gasteiger partial charge on any atom is 0.223 e. The van der Waals surface area contributed by atoms with E-state index in [1.54, 1.807) is 0 Å². The number of amides is 1. The Kier molecular flexibility index (Phi) is 4.35. The third-order valence-electron chi connectivity index (χ3n) is 2.82. The van der Waals surface area contributed by atoms with Crippen molar-refractivity contribution in [2.45, 2.75) is 31.9 Å². The molecule has 1 heterocycles. The van der Waals surface area contributed by atoms with Crippen molar-refractivity contribution in [3.8, 4) is 0 Å². The molecule has 0 spiro atoms. The van der Waals surface area contributed by atoms with Gasteiger partial charge < -0.3 is 15.0 Å². The molecular formula is C10H20N2O2. The molecule has 4 nitrogen and oxygen atoms in total. The highest BCUT2D eigenvalue weighted by molar-refractivity contribution is 5.76. The van der Waals surface area contributed by atoms with Crippen LogP contribution in [0, 0.1) is 0 Å². The third kappa shape index (κ3) is 2.69. The summed E-state index contributed by atoms with van der Waals surface area (Å²) in [6, 6.07) is 0.263. The van der Waals surface area contributed by atoms with Gasteiger partial charge in [0.15, 0.2) is 0 Å². The lowest BCUT2D eigenvalue weighted by Gasteiger charge is -2.26. The smallest absolute Gasteiger partial charge is 0.223 e. The molecule has 1 fully saturated rings. The first-order valence-corrected chi connectivity index (χ1v) is 5.18. The summed E-state index contributed by atoms with van der Waals surface area (Å²) < 4.78 is 5.43. The second kappa shape index (κ2) is 5.32. The molecule has 1 N–H and O–H groups in total. The lowest BCUT2D eigenvalue weighted by Crippen LogP contribution is -2.41. The molecule has 14 heavy (non-hydrogen) atoms. The van der Waals surface area contributed by atoms with Gasteiger partial charge in [-0.1, -0.05) is 0 Å². The highest BCUT2D eigenvalue weighted by atomic mass is 16.5. The van der Waals surface area contributed by atoms with Crippen LogP contribution in [0.25, 0.3) is 0 Å². The van der Waals surface area contributed by atoms with Gasteiger partial charge in [0, 0.05) is 26.6 Å². The van der Waals surface area contributed by atoms with Crippen molar-refractivity contribution in [2.75, 3.05) is 27.2 Å². The van der Waals surface area contributed by atoms with Crippen LogP contribution in [0.3, 0.4) is 0 Å². The summed E-state index contributed by atoms with van der Waals surface area (Å²) in [6.07, 6.45) is 1.71. The first-order valence-electron chi connectivity index (χ1n) is 5.18. The summed E-state index contributed by atoms with van der Waals surface area (Å²) in [5.41, 5.74) is 0. The van der Waals surface area contributed by atoms with Crippen molar-refractivity contribution < 1.29 is 9.53 Å². The molecular weight excluding hydrogens is 180 g/mol. The molecule has 0 aromatic heterocycles. The van der Waals surface area contributed by atoms with E-state index < -0.39 is 0 Å². The van der Waals surface area contributed by atoms with Gasteiger partial charge in [0.1, 0.15) is 0 Å². The predicted molar refractivity (Wildman–Crippen MR) is 55.1 cm³/mol. The van der Waals surface area contributed by atoms with E-state index in [1.807, 2.05) is 25.9 Å². The Balaban J connectivity index is 2.39. The molecule has 0 saturated carbocycles. The number of hydrogen-bond donors (Lipinski definition) is 1. The van der Waals surface area contributed by atoms with E-state index in [1.165, 1.54) is 0 Å². The minimum Gasteiger partial charge on any atom is -0.376 e. The van der Waals surface area contributed by atoms with Crippen LogP contribution in [0.15, 0.2) is 0 Å². The van der Waals surface area contributed by atoms with Crippen LogP contribution >= 0.6 is 0 Å². The van der Waals surface area contributed by atoms with E-state index in [4.69, 9.17) is 4.74 Å². The fourth-order valence-electron chi connectivity index (χ4n) is 1.82. The van der Waals surface area contributed by atoms with Gasteiger partial charge in [-0.25, -0.2) is 0 Å². The van der Waals surface area contributed by atoms with Crippen molar-refractivity contribution >= 4 is 5.91 Å². The average molecular weight is 200 g/mol. The van der Waals surface area contributed by atoms with Crippen molar-refractivity contribution in [3.05, 3.63) is 0 Å². The van der Waals surface area contributed by atoms with E-state index in [9.17, 15) is 4.79 Å². The zero-order chi connectivity index (χ0) is 10.6. The molecule has 0 aromatic carbocycles. The highest BCUT2D eigenvalue weighted by Crippen LogP contribution is 2.18. The molecule has 0 radical (unpaired) electrons. The van der Waals surface area contributed by atoms with Gasteiger partial charge >= 0.3 is 0 Å². The number of rotatable bonds is 4. The molecule has 0 aliphatic carbocycles. The van der Waals surface area contributed by atoms with Gasteiger partial charge in [-0.2, -0.15) is 0 Å². The number of hydrogen-bond acceptors (Lipinski definition) is 3. The third-order valence-corrected chi connectivity index (χ3v) is 2.82. The number of carbonyl (C=O) groups is 1. The van der Waals surface area contributed by atoms with E-state index in [2.05, 4.69) is 5.32 Å². The largest absolute Gasteiger partial charge is 0.376 e. The molecule has 1 rings (SSSR count). The topological polar surface area (TPSA) is 41.6 Å². The standard InChI is InChI=1S/C10H20N2O2/c1-8-9(5-7-14-8)12(3)10(13)4-6-11-2/h8-9,11H,4-7H2,1-3H3. The minimum absolute atomic E-state index is 0.179. The summed E-state index contributed by atoms with van der Waals surface area (Å²) in [6.45, 7) is 3.54. The van der Waals surface area contributed by atoms with E-state index in [-0.39, 0.29) is 18.1 Å². The van der Waals surface area contributed by atoms with Crippen molar-refractivity contribution in [1.82, 2.24) is 10.2 Å². The molecule has 1 aliphatic rings. The van der Waals surface area contributed by atoms with Crippen LogP contribution in [0.5, 0.6) is 0 Å². The predicted octanol–water partition coefficient (Wildman–Crippen LogP) is 0.232. The zero-order valence-corrected chi connectivity index (χ0v) is 9.25. The van der Waals surface area contributed by atoms with Gasteiger partial charge in [0.2, 0.25) is 5.91 Å². The molecule has 1 saturated heterocycles. The van der Waals surface area contributed by atoms with Gasteiger partial charge in [0.05, 0.1) is 12.1 Å². The van der Waals surface area contributed by atoms with Crippen molar-refractivity contribution in [3.63, 3.8) is 0 Å². The molecule has 2 unspecified atom stereocenters. The number of carbonyl (C=O) groups excluding carboxylic acids is 1. The lowest BCUT2D eigenvalue weighted by atomic mass is 10.1. The van der Waals surface area contributed by atoms with Crippen LogP contribution in [0.2, 0.25) is 0 Å². The molecule has 1 amide bonds. The van der Waals surface area contributed by atoms with Crippen LogP contribution in [-0.4, -0.2) is 50.2 Å². The Bertz CT molecular complexity index is 197. The van der Waals surface area contributed by atoms with E-state index in [0.29, 0.717) is 6.42 Å². The van der Waals surface area contributed by atoms with E-state index in [0.717, 1.165) is 19.6 Å². The summed E-state index contributed by atoms with van der Waals surface area (Å²) in [4.78, 5) is 13.5. The monoisotopic (exact) mass is 200 g/mol. The molecule has 4 heteroatoms. The Morgan fingerprint density at radius 2 is 2.36 bits per heavy atom. The van der Waals surface area contributed by atoms with Gasteiger partial charge in [0.25, 0.3) is 0 Å². The van der Waals surface area contributed by atoms with Crippen molar-refractivity contribution in [1.29, 1.82) is 0 Å². The lowest BCUT2D eigenvalue weighted by molar-refractivity contribution is -0.132. The van der Waals surface area contributed by atoms with Crippen LogP contribution in [0.4, 0.5) is 0 Å². The minimum atomic E-state index is 0.179. The van der Waals surface area contributed by atoms with Crippen LogP contribution < -0.4 is 5.32 Å². The maximum atomic E-state index is 11.7. The highest BCUT2D eigenvalue weighted by Gasteiger charge is 2.29. The number of nitrogens with zero attached hydrogens (tertiary/aromatic N) is 1. The number of likely N-dealkylation sites (N-methyl/N-ethyl adjacent to an activating group) is 1. The fraction of sp³-hybridized carbons (Fsp3) is 0.900. The van der Waals surface area contributed by atoms with Crippen LogP contribution in [0.1, 0.15) is 19.8 Å². The summed E-state index contributed by atoms with van der Waals surface area (Å²) in [5, 5.41) is 2.98. The average Bonchev–Trinajstić information content (AvgIpc) is 2.59. The van der Waals surface area contributed by atoms with Crippen molar-refractivity contribution in [2.24, 2.45) is 0 Å². The molecule has 0 aromatic rings. The zero-order valence-electron chi connectivity index (χ0n) is 9.25. The quantitative estimate of drug-likeness (QED) is 0.706. The Labute approximate surface area is 85.6 Å². The SMILES string of the molecule is CNCCC(=O)N(C)C1CCOC1C. The molecule has 1 aliphatic heterocycles. The second-order valence-electron chi connectivity index (χ2n) is 3.79. The normalized spacial score (nSPS) is 26.5.